The van der Waals surface area contributed by atoms with Crippen molar-refractivity contribution in [2.45, 2.75) is 24.9 Å². The second kappa shape index (κ2) is 7.87. The van der Waals surface area contributed by atoms with Gasteiger partial charge in [-0.05, 0) is 43.5 Å². The SMILES string of the molecule is COc1ccccc1C1CCNCC1.O=C(O)C(F)(F)F. The van der Waals surface area contributed by atoms with Crippen molar-refractivity contribution in [3.8, 4) is 5.75 Å². The van der Waals surface area contributed by atoms with Gasteiger partial charge in [0.05, 0.1) is 7.11 Å². The lowest BCUT2D eigenvalue weighted by Gasteiger charge is -2.24. The molecule has 0 amide bonds. The molecular weight excluding hydrogens is 287 g/mol. The van der Waals surface area contributed by atoms with Crippen molar-refractivity contribution >= 4 is 5.97 Å². The quantitative estimate of drug-likeness (QED) is 0.882. The largest absolute Gasteiger partial charge is 0.496 e. The molecule has 1 saturated heterocycles. The van der Waals surface area contributed by atoms with Crippen LogP contribution < -0.4 is 10.1 Å². The number of ether oxygens (including phenoxy) is 1. The number of hydrogen-bond donors (Lipinski definition) is 2. The molecule has 0 radical (unpaired) electrons. The van der Waals surface area contributed by atoms with Gasteiger partial charge in [-0.15, -0.1) is 0 Å². The molecule has 0 unspecified atom stereocenters. The van der Waals surface area contributed by atoms with Gasteiger partial charge in [-0.1, -0.05) is 18.2 Å². The van der Waals surface area contributed by atoms with E-state index in [9.17, 15) is 13.2 Å². The number of alkyl halides is 3. The van der Waals surface area contributed by atoms with E-state index in [1.54, 1.807) is 7.11 Å². The highest BCUT2D eigenvalue weighted by atomic mass is 19.4. The third-order valence-corrected chi connectivity index (χ3v) is 3.16. The molecule has 0 bridgehead atoms. The van der Waals surface area contributed by atoms with Gasteiger partial charge in [0.15, 0.2) is 0 Å². The molecule has 0 spiro atoms. The van der Waals surface area contributed by atoms with Crippen LogP contribution in [0.25, 0.3) is 0 Å². The van der Waals surface area contributed by atoms with Gasteiger partial charge in [-0.2, -0.15) is 13.2 Å². The fourth-order valence-corrected chi connectivity index (χ4v) is 2.14. The highest BCUT2D eigenvalue weighted by Gasteiger charge is 2.38. The summed E-state index contributed by atoms with van der Waals surface area (Å²) in [6.07, 6.45) is -2.64. The van der Waals surface area contributed by atoms with Crippen LogP contribution in [0, 0.1) is 0 Å². The molecular formula is C14H18F3NO3. The summed E-state index contributed by atoms with van der Waals surface area (Å²) in [5.74, 6) is -1.04. The van der Waals surface area contributed by atoms with E-state index in [2.05, 4.69) is 23.5 Å². The Labute approximate surface area is 120 Å². The van der Waals surface area contributed by atoms with E-state index >= 15 is 0 Å². The molecule has 1 aromatic carbocycles. The number of methoxy groups -OCH3 is 1. The van der Waals surface area contributed by atoms with Crippen molar-refractivity contribution < 1.29 is 27.8 Å². The van der Waals surface area contributed by atoms with E-state index in [1.807, 2.05) is 6.07 Å². The molecule has 4 nitrogen and oxygen atoms in total. The van der Waals surface area contributed by atoms with E-state index < -0.39 is 12.1 Å². The first-order valence-corrected chi connectivity index (χ1v) is 6.50. The third kappa shape index (κ3) is 5.63. The van der Waals surface area contributed by atoms with Crippen molar-refractivity contribution in [3.63, 3.8) is 0 Å². The van der Waals surface area contributed by atoms with Gasteiger partial charge in [0.2, 0.25) is 0 Å². The Morgan fingerprint density at radius 1 is 1.29 bits per heavy atom. The van der Waals surface area contributed by atoms with Gasteiger partial charge in [0.1, 0.15) is 5.75 Å². The summed E-state index contributed by atoms with van der Waals surface area (Å²) in [6, 6.07) is 8.37. The monoisotopic (exact) mass is 305 g/mol. The van der Waals surface area contributed by atoms with Crippen LogP contribution in [0.3, 0.4) is 0 Å². The number of benzene rings is 1. The number of halogens is 3. The van der Waals surface area contributed by atoms with Crippen LogP contribution in [0.15, 0.2) is 24.3 Å². The normalized spacial score (nSPS) is 15.8. The van der Waals surface area contributed by atoms with Crippen LogP contribution >= 0.6 is 0 Å². The summed E-state index contributed by atoms with van der Waals surface area (Å²) in [6.45, 7) is 2.26. The zero-order valence-electron chi connectivity index (χ0n) is 11.6. The minimum atomic E-state index is -5.08. The van der Waals surface area contributed by atoms with Crippen molar-refractivity contribution in [3.05, 3.63) is 29.8 Å². The third-order valence-electron chi connectivity index (χ3n) is 3.16. The average Bonchev–Trinajstić information content (AvgIpc) is 2.48. The summed E-state index contributed by atoms with van der Waals surface area (Å²) < 4.78 is 37.1. The molecule has 0 aliphatic carbocycles. The zero-order valence-corrected chi connectivity index (χ0v) is 11.6. The zero-order chi connectivity index (χ0) is 15.9. The van der Waals surface area contributed by atoms with E-state index in [1.165, 1.54) is 18.4 Å². The number of piperidine rings is 1. The number of hydrogen-bond acceptors (Lipinski definition) is 3. The summed E-state index contributed by atoms with van der Waals surface area (Å²) in [7, 11) is 1.75. The van der Waals surface area contributed by atoms with Gasteiger partial charge in [0.25, 0.3) is 0 Å². The van der Waals surface area contributed by atoms with E-state index in [0.717, 1.165) is 18.8 Å². The molecule has 21 heavy (non-hydrogen) atoms. The molecule has 7 heteroatoms. The number of carbonyl (C=O) groups is 1. The van der Waals surface area contributed by atoms with Crippen LogP contribution in [-0.2, 0) is 4.79 Å². The minimum Gasteiger partial charge on any atom is -0.496 e. The Morgan fingerprint density at radius 2 is 1.81 bits per heavy atom. The Morgan fingerprint density at radius 3 is 2.29 bits per heavy atom. The van der Waals surface area contributed by atoms with E-state index in [0.29, 0.717) is 5.92 Å². The lowest BCUT2D eigenvalue weighted by atomic mass is 9.90. The Kier molecular flexibility index (Phi) is 6.48. The molecule has 0 saturated carbocycles. The number of carboxylic acids is 1. The van der Waals surface area contributed by atoms with Crippen LogP contribution in [-0.4, -0.2) is 37.5 Å². The number of aliphatic carboxylic acids is 1. The molecule has 1 aromatic rings. The number of nitrogens with one attached hydrogen (secondary N) is 1. The van der Waals surface area contributed by atoms with E-state index in [4.69, 9.17) is 14.6 Å². The Bertz CT molecular complexity index is 457. The topological polar surface area (TPSA) is 58.6 Å². The van der Waals surface area contributed by atoms with Crippen LogP contribution in [0.1, 0.15) is 24.3 Å². The standard InChI is InChI=1S/C12H17NO.C2HF3O2/c1-14-12-5-3-2-4-11(12)10-6-8-13-9-7-10;3-2(4,5)1(6)7/h2-5,10,13H,6-9H2,1H3;(H,6,7). The highest BCUT2D eigenvalue weighted by Crippen LogP contribution is 2.31. The molecule has 118 valence electrons. The number of rotatable bonds is 2. The van der Waals surface area contributed by atoms with Gasteiger partial charge >= 0.3 is 12.1 Å². The Hall–Kier alpha value is -1.76. The average molecular weight is 305 g/mol. The number of carboxylic acid groups (broad SMARTS) is 1. The maximum Gasteiger partial charge on any atom is 0.490 e. The van der Waals surface area contributed by atoms with Gasteiger partial charge < -0.3 is 15.2 Å². The second-order valence-corrected chi connectivity index (χ2v) is 4.57. The van der Waals surface area contributed by atoms with Crippen LogP contribution in [0.2, 0.25) is 0 Å². The lowest BCUT2D eigenvalue weighted by Crippen LogP contribution is -2.26. The smallest absolute Gasteiger partial charge is 0.490 e. The summed E-state index contributed by atoms with van der Waals surface area (Å²) in [5.41, 5.74) is 1.37. The molecule has 1 heterocycles. The Balaban J connectivity index is 0.000000270. The fraction of sp³-hybridized carbons (Fsp3) is 0.500. The predicted octanol–water partition coefficient (Wildman–Crippen LogP) is 2.80. The minimum absolute atomic E-state index is 0.674. The molecule has 2 N–H and O–H groups in total. The van der Waals surface area contributed by atoms with Gasteiger partial charge in [-0.25, -0.2) is 4.79 Å². The van der Waals surface area contributed by atoms with Crippen LogP contribution in [0.4, 0.5) is 13.2 Å². The molecule has 1 fully saturated rings. The first kappa shape index (κ1) is 17.3. The van der Waals surface area contributed by atoms with Gasteiger partial charge in [0, 0.05) is 0 Å². The van der Waals surface area contributed by atoms with E-state index in [-0.39, 0.29) is 0 Å². The molecule has 0 atom stereocenters. The summed E-state index contributed by atoms with van der Waals surface area (Å²) in [4.78, 5) is 8.90. The summed E-state index contributed by atoms with van der Waals surface area (Å²) in [5, 5.41) is 10.5. The maximum absolute atomic E-state index is 10.6. The molecule has 1 aliphatic rings. The first-order valence-electron chi connectivity index (χ1n) is 6.50. The van der Waals surface area contributed by atoms with Crippen molar-refractivity contribution in [2.75, 3.05) is 20.2 Å². The first-order chi connectivity index (χ1) is 9.86. The van der Waals surface area contributed by atoms with Crippen molar-refractivity contribution in [2.24, 2.45) is 0 Å². The second-order valence-electron chi connectivity index (χ2n) is 4.57. The summed E-state index contributed by atoms with van der Waals surface area (Å²) >= 11 is 0. The lowest BCUT2D eigenvalue weighted by molar-refractivity contribution is -0.192. The molecule has 2 rings (SSSR count). The van der Waals surface area contributed by atoms with Crippen molar-refractivity contribution in [1.29, 1.82) is 0 Å². The maximum atomic E-state index is 10.6. The number of para-hydroxylation sites is 1. The molecule has 0 aromatic heterocycles. The fourth-order valence-electron chi connectivity index (χ4n) is 2.14. The van der Waals surface area contributed by atoms with Crippen LogP contribution in [0.5, 0.6) is 5.75 Å². The van der Waals surface area contributed by atoms with Gasteiger partial charge in [-0.3, -0.25) is 0 Å². The highest BCUT2D eigenvalue weighted by molar-refractivity contribution is 5.73. The van der Waals surface area contributed by atoms with Crippen molar-refractivity contribution in [1.82, 2.24) is 5.32 Å². The predicted molar refractivity (Wildman–Crippen MR) is 71.5 cm³/mol. The molecule has 1 aliphatic heterocycles.